The average molecular weight is 263 g/mol. The van der Waals surface area contributed by atoms with Gasteiger partial charge in [-0.05, 0) is 0 Å². The van der Waals surface area contributed by atoms with Gasteiger partial charge in [-0.2, -0.15) is 0 Å². The topological polar surface area (TPSA) is 65.7 Å². The largest absolute Gasteiger partial charge is 0.513 e. The second kappa shape index (κ2) is 4.31. The van der Waals surface area contributed by atoms with E-state index in [4.69, 9.17) is 20.8 Å². The van der Waals surface area contributed by atoms with E-state index in [-0.39, 0.29) is 17.1 Å². The fraction of sp³-hybridized carbons (Fsp3) is 0.333. The highest BCUT2D eigenvalue weighted by atomic mass is 35.5. The summed E-state index contributed by atoms with van der Waals surface area (Å²) in [5, 5.41) is 0.384. The number of carbonyl (C=O) groups excluding carboxylic acids is 1. The van der Waals surface area contributed by atoms with E-state index < -0.39 is 6.16 Å². The first-order chi connectivity index (χ1) is 7.60. The highest BCUT2D eigenvalue weighted by Gasteiger charge is 2.24. The first-order valence-corrected chi connectivity index (χ1v) is 5.54. The Morgan fingerprint density at radius 2 is 2.25 bits per heavy atom. The van der Waals surface area contributed by atoms with Gasteiger partial charge < -0.3 is 13.9 Å². The van der Waals surface area contributed by atoms with Crippen LogP contribution in [-0.4, -0.2) is 13.3 Å². The van der Waals surface area contributed by atoms with Crippen LogP contribution in [0.2, 0.25) is 0 Å². The third-order valence-electron chi connectivity index (χ3n) is 2.04. The molecular weight excluding hydrogens is 256 g/mol. The molecule has 0 fully saturated rings. The molecule has 0 spiro atoms. The number of carbonyl (C=O) groups is 1. The molecule has 0 saturated carbocycles. The average Bonchev–Trinajstić information content (AvgIpc) is 2.58. The van der Waals surface area contributed by atoms with Gasteiger partial charge in [0.05, 0.1) is 23.4 Å². The number of methoxy groups -OCH3 is 1. The van der Waals surface area contributed by atoms with Crippen LogP contribution in [0.5, 0.6) is 0 Å². The first-order valence-electron chi connectivity index (χ1n) is 4.35. The monoisotopic (exact) mass is 262 g/mol. The molecule has 1 aromatic heterocycles. The molecule has 0 unspecified atom stereocenters. The van der Waals surface area contributed by atoms with E-state index in [2.05, 4.69) is 4.74 Å². The molecule has 0 amide bonds. The van der Waals surface area contributed by atoms with Gasteiger partial charge in [-0.15, -0.1) is 0 Å². The quantitative estimate of drug-likeness (QED) is 0.725. The van der Waals surface area contributed by atoms with Crippen LogP contribution in [-0.2, 0) is 22.3 Å². The van der Waals surface area contributed by atoms with Gasteiger partial charge in [0, 0.05) is 6.42 Å². The van der Waals surface area contributed by atoms with Gasteiger partial charge in [-0.3, -0.25) is 0 Å². The number of halogens is 1. The number of fused-ring (bicyclic) bond motifs is 1. The van der Waals surface area contributed by atoms with E-state index in [0.29, 0.717) is 17.2 Å². The smallest absolute Gasteiger partial charge is 0.437 e. The van der Waals surface area contributed by atoms with Gasteiger partial charge in [-0.25, -0.2) is 9.59 Å². The van der Waals surface area contributed by atoms with Crippen molar-refractivity contribution in [3.8, 4) is 0 Å². The van der Waals surface area contributed by atoms with Gasteiger partial charge in [0.1, 0.15) is 11.5 Å². The first kappa shape index (κ1) is 11.2. The van der Waals surface area contributed by atoms with Crippen molar-refractivity contribution in [2.45, 2.75) is 12.8 Å². The molecule has 1 aliphatic rings. The van der Waals surface area contributed by atoms with Crippen LogP contribution in [0.15, 0.2) is 20.0 Å². The third-order valence-corrected chi connectivity index (χ3v) is 3.25. The summed E-state index contributed by atoms with van der Waals surface area (Å²) in [5.41, 5.74) is 0. The zero-order chi connectivity index (χ0) is 11.7. The zero-order valence-electron chi connectivity index (χ0n) is 8.24. The van der Waals surface area contributed by atoms with E-state index in [1.54, 1.807) is 0 Å². The van der Waals surface area contributed by atoms with Gasteiger partial charge in [-0.1, -0.05) is 22.9 Å². The molecular formula is C9H7ClO5S. The van der Waals surface area contributed by atoms with Crippen molar-refractivity contribution in [1.82, 2.24) is 0 Å². The van der Waals surface area contributed by atoms with Crippen LogP contribution >= 0.6 is 22.9 Å². The van der Waals surface area contributed by atoms with E-state index in [1.165, 1.54) is 7.11 Å². The molecule has 7 heteroatoms. The molecule has 5 nitrogen and oxygen atoms in total. The Balaban J connectivity index is 2.22. The Kier molecular flexibility index (Phi) is 3.02. The highest BCUT2D eigenvalue weighted by molar-refractivity contribution is 7.09. The molecule has 2 rings (SSSR count). The maximum absolute atomic E-state index is 11.0. The number of rotatable bonds is 1. The predicted octanol–water partition coefficient (Wildman–Crippen LogP) is 2.03. The maximum Gasteiger partial charge on any atom is 0.513 e. The zero-order valence-corrected chi connectivity index (χ0v) is 9.81. The number of hydrogen-bond donors (Lipinski definition) is 0. The van der Waals surface area contributed by atoms with E-state index in [9.17, 15) is 9.59 Å². The Hall–Kier alpha value is -1.27. The Labute approximate surface area is 99.2 Å². The molecule has 0 saturated heterocycles. The summed E-state index contributed by atoms with van der Waals surface area (Å²) in [6, 6.07) is 0. The molecule has 16 heavy (non-hydrogen) atoms. The fourth-order valence-corrected chi connectivity index (χ4v) is 2.43. The summed E-state index contributed by atoms with van der Waals surface area (Å²) in [4.78, 5) is 22.3. The lowest BCUT2D eigenvalue weighted by Gasteiger charge is -2.13. The standard InChI is InChI=1S/C9H7ClO5S/c1-13-8(11)14-5-3-6-7(2-4(5)10)16-9(12)15-6/h2-3H2,1H3. The molecule has 0 atom stereocenters. The lowest BCUT2D eigenvalue weighted by atomic mass is 10.1. The van der Waals surface area contributed by atoms with Crippen LogP contribution in [0.3, 0.4) is 0 Å². The summed E-state index contributed by atoms with van der Waals surface area (Å²) in [5.74, 6) is 0.765. The summed E-state index contributed by atoms with van der Waals surface area (Å²) in [7, 11) is 1.20. The van der Waals surface area contributed by atoms with Crippen molar-refractivity contribution in [2.75, 3.05) is 7.11 Å². The molecule has 1 heterocycles. The normalized spacial score (nSPS) is 14.6. The van der Waals surface area contributed by atoms with Crippen LogP contribution in [0.4, 0.5) is 4.79 Å². The predicted molar refractivity (Wildman–Crippen MR) is 56.6 cm³/mol. The minimum absolute atomic E-state index is 0.196. The van der Waals surface area contributed by atoms with Crippen LogP contribution in [0.1, 0.15) is 10.6 Å². The number of hydrogen-bond acceptors (Lipinski definition) is 6. The van der Waals surface area contributed by atoms with Gasteiger partial charge >= 0.3 is 11.1 Å². The van der Waals surface area contributed by atoms with E-state index in [0.717, 1.165) is 16.2 Å². The van der Waals surface area contributed by atoms with Crippen molar-refractivity contribution in [2.24, 2.45) is 0 Å². The second-order valence-electron chi connectivity index (χ2n) is 3.04. The minimum Gasteiger partial charge on any atom is -0.437 e. The highest BCUT2D eigenvalue weighted by Crippen LogP contribution is 2.30. The summed E-state index contributed by atoms with van der Waals surface area (Å²) < 4.78 is 14.1. The molecule has 0 aromatic carbocycles. The van der Waals surface area contributed by atoms with Crippen LogP contribution in [0.25, 0.3) is 0 Å². The summed E-state index contributed by atoms with van der Waals surface area (Å²) >= 11 is 6.94. The van der Waals surface area contributed by atoms with Crippen molar-refractivity contribution in [3.63, 3.8) is 0 Å². The summed E-state index contributed by atoms with van der Waals surface area (Å²) in [6.45, 7) is 0. The molecule has 0 aliphatic heterocycles. The fourth-order valence-electron chi connectivity index (χ4n) is 1.32. The Bertz CT molecular complexity index is 512. The van der Waals surface area contributed by atoms with Crippen LogP contribution < -0.4 is 4.94 Å². The van der Waals surface area contributed by atoms with Gasteiger partial charge in [0.25, 0.3) is 0 Å². The van der Waals surface area contributed by atoms with Crippen molar-refractivity contribution < 1.29 is 18.7 Å². The SMILES string of the molecule is COC(=O)OC1=C(Cl)Cc2sc(=O)oc2C1. The lowest BCUT2D eigenvalue weighted by molar-refractivity contribution is 0.0943. The summed E-state index contributed by atoms with van der Waals surface area (Å²) in [6.07, 6.45) is -0.295. The molecule has 86 valence electrons. The molecule has 0 radical (unpaired) electrons. The van der Waals surface area contributed by atoms with E-state index in [1.807, 2.05) is 0 Å². The molecule has 1 aromatic rings. The lowest BCUT2D eigenvalue weighted by Crippen LogP contribution is -2.11. The van der Waals surface area contributed by atoms with Crippen molar-refractivity contribution in [3.05, 3.63) is 31.2 Å². The maximum atomic E-state index is 11.0. The number of ether oxygens (including phenoxy) is 2. The van der Waals surface area contributed by atoms with E-state index >= 15 is 0 Å². The second-order valence-corrected chi connectivity index (χ2v) is 4.52. The molecule has 0 bridgehead atoms. The van der Waals surface area contributed by atoms with Crippen molar-refractivity contribution >= 4 is 29.1 Å². The Morgan fingerprint density at radius 3 is 2.94 bits per heavy atom. The van der Waals surface area contributed by atoms with Gasteiger partial charge in [0.2, 0.25) is 0 Å². The third kappa shape index (κ3) is 2.12. The van der Waals surface area contributed by atoms with Crippen LogP contribution in [0, 0.1) is 0 Å². The Morgan fingerprint density at radius 1 is 1.50 bits per heavy atom. The molecule has 1 aliphatic carbocycles. The molecule has 0 N–H and O–H groups in total. The minimum atomic E-state index is -0.839. The number of allylic oxidation sites excluding steroid dienone is 2. The van der Waals surface area contributed by atoms with Gasteiger partial charge in [0.15, 0.2) is 0 Å². The van der Waals surface area contributed by atoms with Crippen molar-refractivity contribution in [1.29, 1.82) is 0 Å².